The second-order valence-electron chi connectivity index (χ2n) is 8.65. The smallest absolute Gasteiger partial charge is 0.138 e. The molecule has 10 heteroatoms. The maximum Gasteiger partial charge on any atom is 0.138 e. The van der Waals surface area contributed by atoms with Crippen molar-refractivity contribution in [1.82, 2.24) is 4.44 Å². The first-order chi connectivity index (χ1) is 17.2. The van der Waals surface area contributed by atoms with Crippen LogP contribution in [0, 0.1) is 34.9 Å². The molecule has 3 aromatic carbocycles. The number of unbranched alkanes of at least 4 members (excludes halogenated alkanes) is 1. The van der Waals surface area contributed by atoms with Crippen molar-refractivity contribution < 1.29 is 26.3 Å². The molecule has 0 aliphatic carbocycles. The van der Waals surface area contributed by atoms with Crippen LogP contribution < -0.4 is 10.6 Å². The summed E-state index contributed by atoms with van der Waals surface area (Å²) in [5.74, 6) is -7.10. The molecule has 0 radical (unpaired) electrons. The Kier molecular flexibility index (Phi) is 9.10. The van der Waals surface area contributed by atoms with E-state index in [1.54, 1.807) is 0 Å². The highest BCUT2D eigenvalue weighted by Gasteiger charge is 2.44. The van der Waals surface area contributed by atoms with E-state index in [1.807, 2.05) is 41.7 Å². The van der Waals surface area contributed by atoms with Crippen molar-refractivity contribution >= 4 is 36.0 Å². The van der Waals surface area contributed by atoms with Gasteiger partial charge < -0.3 is 0 Å². The summed E-state index contributed by atoms with van der Waals surface area (Å²) in [6.45, 7) is 2.28. The van der Waals surface area contributed by atoms with Gasteiger partial charge in [0.25, 0.3) is 0 Å². The van der Waals surface area contributed by atoms with Gasteiger partial charge in [-0.2, -0.15) is 0 Å². The molecule has 3 aromatic rings. The monoisotopic (exact) mass is 559 g/mol. The number of hydrogen-bond donors (Lipinski definition) is 0. The average Bonchev–Trinajstić information content (AvgIpc) is 3.19. The first-order valence-corrected chi connectivity index (χ1v) is 15.1. The highest BCUT2D eigenvalue weighted by Crippen LogP contribution is 2.72. The third-order valence-corrected chi connectivity index (χ3v) is 13.8. The Morgan fingerprint density at radius 1 is 0.833 bits per heavy atom. The van der Waals surface area contributed by atoms with Gasteiger partial charge >= 0.3 is 0 Å². The fourth-order valence-electron chi connectivity index (χ4n) is 4.59. The third-order valence-electron chi connectivity index (χ3n) is 6.18. The second kappa shape index (κ2) is 11.9. The predicted molar refractivity (Wildman–Crippen MR) is 139 cm³/mol. The van der Waals surface area contributed by atoms with Crippen LogP contribution in [-0.4, -0.2) is 16.4 Å². The highest BCUT2D eigenvalue weighted by molar-refractivity contribution is 7.81. The normalized spacial score (nSPS) is 20.0. The lowest BCUT2D eigenvalue weighted by atomic mass is 10.1. The van der Waals surface area contributed by atoms with Crippen LogP contribution in [0.15, 0.2) is 54.6 Å². The molecule has 0 amide bonds. The Balaban J connectivity index is 1.97. The first kappa shape index (κ1) is 27.5. The lowest BCUT2D eigenvalue weighted by molar-refractivity contribution is 0.548. The summed E-state index contributed by atoms with van der Waals surface area (Å²) in [6.07, 6.45) is 2.97. The summed E-state index contributed by atoms with van der Waals surface area (Å²) in [5, 5.41) is -1.12. The lowest BCUT2D eigenvalue weighted by Gasteiger charge is -2.41. The van der Waals surface area contributed by atoms with E-state index in [4.69, 9.17) is 0 Å². The van der Waals surface area contributed by atoms with Gasteiger partial charge in [0.05, 0.1) is 10.6 Å². The van der Waals surface area contributed by atoms with E-state index in [9.17, 15) is 8.78 Å². The summed E-state index contributed by atoms with van der Waals surface area (Å²) in [4.78, 5) is 0. The Labute approximate surface area is 212 Å². The number of nitrogens with zero attached hydrogens (tertiary/aromatic N) is 1. The standard InChI is InChI=1S/C26H26F6NP3/c1-2-3-11-33(35-23(9-10-24(35)34)16-7-5-4-6-8-16)36(25-19(29)12-17(27)13-20(25)30)26-21(31)14-18(28)15-22(26)32/h4-8,12-15,23-24H,2-3,9-11,34H2,1H3/t23-,24-,35?/m1/s1. The molecule has 192 valence electrons. The quantitative estimate of drug-likeness (QED) is 0.199. The molecule has 1 saturated heterocycles. The molecular weight excluding hydrogens is 533 g/mol. The molecule has 0 aromatic heterocycles. The molecule has 0 saturated carbocycles. The van der Waals surface area contributed by atoms with Crippen LogP contribution in [0.3, 0.4) is 0 Å². The Bertz CT molecular complexity index is 1110. The molecule has 36 heavy (non-hydrogen) atoms. The fraction of sp³-hybridized carbons (Fsp3) is 0.308. The van der Waals surface area contributed by atoms with Crippen LogP contribution in [0.4, 0.5) is 26.3 Å². The van der Waals surface area contributed by atoms with Gasteiger partial charge in [-0.15, -0.1) is 9.24 Å². The van der Waals surface area contributed by atoms with E-state index in [-0.39, 0.29) is 11.1 Å². The molecule has 4 atom stereocenters. The van der Waals surface area contributed by atoms with Crippen molar-refractivity contribution in [2.45, 2.75) is 43.7 Å². The zero-order valence-electron chi connectivity index (χ0n) is 19.6. The van der Waals surface area contributed by atoms with Crippen LogP contribution in [0.1, 0.15) is 43.8 Å². The molecule has 1 fully saturated rings. The molecule has 1 aliphatic rings. The van der Waals surface area contributed by atoms with Gasteiger partial charge in [0, 0.05) is 49.9 Å². The number of benzene rings is 3. The van der Waals surface area contributed by atoms with E-state index in [2.05, 4.69) is 9.24 Å². The molecule has 1 heterocycles. The summed E-state index contributed by atoms with van der Waals surface area (Å²) in [6, 6.07) is 11.8. The number of rotatable bonds is 8. The van der Waals surface area contributed by atoms with E-state index in [0.717, 1.165) is 24.8 Å². The van der Waals surface area contributed by atoms with Gasteiger partial charge in [0.1, 0.15) is 34.9 Å². The zero-order valence-corrected chi connectivity index (χ0v) is 22.5. The first-order valence-electron chi connectivity index (χ1n) is 11.7. The van der Waals surface area contributed by atoms with Gasteiger partial charge in [0.15, 0.2) is 0 Å². The molecule has 0 N–H and O–H groups in total. The summed E-state index contributed by atoms with van der Waals surface area (Å²) in [7, 11) is -0.869. The average molecular weight is 559 g/mol. The fourth-order valence-corrected chi connectivity index (χ4v) is 13.3. The molecule has 1 nitrogen and oxygen atoms in total. The van der Waals surface area contributed by atoms with Gasteiger partial charge in [-0.3, -0.25) is 4.44 Å². The molecular formula is C26H26F6NP3. The van der Waals surface area contributed by atoms with Crippen molar-refractivity contribution in [3.05, 3.63) is 95.1 Å². The van der Waals surface area contributed by atoms with Gasteiger partial charge in [-0.1, -0.05) is 43.7 Å². The molecule has 4 rings (SSSR count). The second-order valence-corrected chi connectivity index (χ2v) is 14.9. The lowest BCUT2D eigenvalue weighted by Crippen LogP contribution is -2.34. The van der Waals surface area contributed by atoms with Crippen molar-refractivity contribution in [3.63, 3.8) is 0 Å². The summed E-state index contributed by atoms with van der Waals surface area (Å²) < 4.78 is 90.6. The van der Waals surface area contributed by atoms with E-state index in [0.29, 0.717) is 37.2 Å². The van der Waals surface area contributed by atoms with Crippen LogP contribution in [0.5, 0.6) is 0 Å². The van der Waals surface area contributed by atoms with Crippen LogP contribution in [-0.2, 0) is 0 Å². The number of halogens is 6. The summed E-state index contributed by atoms with van der Waals surface area (Å²) >= 11 is 0. The van der Waals surface area contributed by atoms with Crippen LogP contribution in [0.25, 0.3) is 0 Å². The van der Waals surface area contributed by atoms with E-state index < -0.39 is 61.7 Å². The Morgan fingerprint density at radius 2 is 1.33 bits per heavy atom. The van der Waals surface area contributed by atoms with Gasteiger partial charge in [0.2, 0.25) is 0 Å². The van der Waals surface area contributed by atoms with Crippen LogP contribution in [0.2, 0.25) is 0 Å². The molecule has 2 unspecified atom stereocenters. The van der Waals surface area contributed by atoms with Crippen molar-refractivity contribution in [1.29, 1.82) is 0 Å². The van der Waals surface area contributed by atoms with Crippen LogP contribution >= 0.6 is 25.4 Å². The predicted octanol–water partition coefficient (Wildman–Crippen LogP) is 8.10. The molecule has 1 aliphatic heterocycles. The van der Waals surface area contributed by atoms with Crippen molar-refractivity contribution in [3.8, 4) is 0 Å². The maximum atomic E-state index is 15.3. The minimum atomic E-state index is -2.47. The minimum absolute atomic E-state index is 0.00342. The number of hydrogen-bond acceptors (Lipinski definition) is 1. The van der Waals surface area contributed by atoms with Gasteiger partial charge in [-0.25, -0.2) is 26.3 Å². The molecule has 0 bridgehead atoms. The highest BCUT2D eigenvalue weighted by atomic mass is 31.2. The Hall–Kier alpha value is -1.51. The van der Waals surface area contributed by atoms with Gasteiger partial charge in [-0.05, 0) is 32.9 Å². The topological polar surface area (TPSA) is 3.24 Å². The van der Waals surface area contributed by atoms with E-state index in [1.165, 1.54) is 0 Å². The third kappa shape index (κ3) is 5.65. The van der Waals surface area contributed by atoms with E-state index >= 15 is 17.6 Å². The minimum Gasteiger partial charge on any atom is -0.251 e. The molecule has 0 spiro atoms. The van der Waals surface area contributed by atoms with Crippen molar-refractivity contribution in [2.75, 3.05) is 6.54 Å². The zero-order chi connectivity index (χ0) is 26.0. The van der Waals surface area contributed by atoms with Crippen molar-refractivity contribution in [2.24, 2.45) is 0 Å². The SMILES string of the molecule is CCCCN(P(c1c(F)cc(F)cc1F)c1c(F)cc(F)cc1F)P1[C@@H](c2ccccc2)CC[C@@H]1P. The maximum absolute atomic E-state index is 15.3. The summed E-state index contributed by atoms with van der Waals surface area (Å²) in [5.41, 5.74) is 1.05. The largest absolute Gasteiger partial charge is 0.251 e. The Morgan fingerprint density at radius 3 is 1.81 bits per heavy atom.